The fourth-order valence-corrected chi connectivity index (χ4v) is 5.84. The molecule has 194 valence electrons. The number of benzene rings is 3. The van der Waals surface area contributed by atoms with Gasteiger partial charge < -0.3 is 0 Å². The third-order valence-electron chi connectivity index (χ3n) is 9.15. The van der Waals surface area contributed by atoms with Crippen molar-refractivity contribution in [1.82, 2.24) is 20.4 Å². The highest BCUT2D eigenvalue weighted by Crippen LogP contribution is 2.37. The van der Waals surface area contributed by atoms with Crippen molar-refractivity contribution in [1.29, 1.82) is 0 Å². The van der Waals surface area contributed by atoms with Crippen LogP contribution >= 0.6 is 0 Å². The van der Waals surface area contributed by atoms with Crippen LogP contribution < -0.4 is 0 Å². The van der Waals surface area contributed by atoms with Crippen molar-refractivity contribution in [3.05, 3.63) is 92.0 Å². The van der Waals surface area contributed by atoms with Crippen molar-refractivity contribution < 1.29 is 0 Å². The second-order valence-electron chi connectivity index (χ2n) is 10.9. The quantitative estimate of drug-likeness (QED) is 0.258. The SMILES string of the molecule is Cc1c(C)c(C)c(-c2cc(-c3cccc(-c4cc(-c5c(C)c(C)c(C)c(C)c5C)[nH]n4)c3)n[nH]2)c(C)c1C. The van der Waals surface area contributed by atoms with E-state index in [9.17, 15) is 0 Å². The number of H-pyrrole nitrogens is 2. The molecule has 0 saturated heterocycles. The van der Waals surface area contributed by atoms with Crippen LogP contribution in [0, 0.1) is 69.2 Å². The summed E-state index contributed by atoms with van der Waals surface area (Å²) in [5, 5.41) is 16.1. The van der Waals surface area contributed by atoms with Gasteiger partial charge in [0.05, 0.1) is 22.8 Å². The predicted octanol–water partition coefficient (Wildman–Crippen LogP) is 8.89. The van der Waals surface area contributed by atoms with Crippen LogP contribution in [0.15, 0.2) is 36.4 Å². The third-order valence-corrected chi connectivity index (χ3v) is 9.15. The largest absolute Gasteiger partial charge is 0.277 e. The summed E-state index contributed by atoms with van der Waals surface area (Å²) < 4.78 is 0. The van der Waals surface area contributed by atoms with Gasteiger partial charge in [0.25, 0.3) is 0 Å². The normalized spacial score (nSPS) is 11.4. The van der Waals surface area contributed by atoms with Crippen molar-refractivity contribution in [3.8, 4) is 45.0 Å². The van der Waals surface area contributed by atoms with Crippen LogP contribution in [0.1, 0.15) is 55.6 Å². The topological polar surface area (TPSA) is 57.4 Å². The number of rotatable bonds is 4. The smallest absolute Gasteiger partial charge is 0.0927 e. The van der Waals surface area contributed by atoms with Gasteiger partial charge in [0.15, 0.2) is 0 Å². The molecule has 0 aliphatic heterocycles. The molecule has 3 aromatic carbocycles. The highest BCUT2D eigenvalue weighted by atomic mass is 15.1. The monoisotopic (exact) mass is 502 g/mol. The molecule has 0 amide bonds. The molecule has 0 aliphatic carbocycles. The predicted molar refractivity (Wildman–Crippen MR) is 160 cm³/mol. The van der Waals surface area contributed by atoms with E-state index in [1.165, 1.54) is 66.8 Å². The standard InChI is InChI=1S/C34H38N4/c1-17-19(3)23(7)33(24(8)20(17)4)31-15-29(35-37-31)27-12-11-13-28(14-27)30-16-32(38-36-30)34-25(9)21(5)18(2)22(6)26(34)10/h11-16H,1-10H3,(H,35,37)(H,36,38). The average Bonchev–Trinajstić information content (AvgIpc) is 3.60. The molecule has 5 aromatic rings. The van der Waals surface area contributed by atoms with Gasteiger partial charge in [-0.25, -0.2) is 0 Å². The minimum Gasteiger partial charge on any atom is -0.277 e. The molecular weight excluding hydrogens is 464 g/mol. The van der Waals surface area contributed by atoms with E-state index in [1.54, 1.807) is 0 Å². The minimum absolute atomic E-state index is 0.934. The van der Waals surface area contributed by atoms with E-state index in [2.05, 4.69) is 116 Å². The molecule has 0 saturated carbocycles. The molecule has 0 spiro atoms. The van der Waals surface area contributed by atoms with Gasteiger partial charge in [0, 0.05) is 22.3 Å². The Labute approximate surface area is 226 Å². The Morgan fingerprint density at radius 1 is 0.421 bits per heavy atom. The first-order valence-corrected chi connectivity index (χ1v) is 13.4. The van der Waals surface area contributed by atoms with Crippen LogP contribution in [0.2, 0.25) is 0 Å². The Hall–Kier alpha value is -3.92. The average molecular weight is 503 g/mol. The molecule has 4 nitrogen and oxygen atoms in total. The fraction of sp³-hybridized carbons (Fsp3) is 0.294. The zero-order valence-corrected chi connectivity index (χ0v) is 24.4. The van der Waals surface area contributed by atoms with Crippen molar-refractivity contribution in [3.63, 3.8) is 0 Å². The summed E-state index contributed by atoms with van der Waals surface area (Å²) in [5.74, 6) is 0. The highest BCUT2D eigenvalue weighted by Gasteiger charge is 2.18. The molecule has 2 heterocycles. The van der Waals surface area contributed by atoms with Crippen molar-refractivity contribution in [2.45, 2.75) is 69.2 Å². The second-order valence-corrected chi connectivity index (χ2v) is 10.9. The lowest BCUT2D eigenvalue weighted by Crippen LogP contribution is -1.99. The number of nitrogens with zero attached hydrogens (tertiary/aromatic N) is 2. The van der Waals surface area contributed by atoms with E-state index < -0.39 is 0 Å². The summed E-state index contributed by atoms with van der Waals surface area (Å²) in [6.07, 6.45) is 0. The summed E-state index contributed by atoms with van der Waals surface area (Å²) in [5.41, 5.74) is 22.0. The molecule has 2 N–H and O–H groups in total. The molecular formula is C34H38N4. The first kappa shape index (κ1) is 25.7. The second kappa shape index (κ2) is 9.43. The van der Waals surface area contributed by atoms with Gasteiger partial charge >= 0.3 is 0 Å². The maximum absolute atomic E-state index is 4.71. The van der Waals surface area contributed by atoms with Gasteiger partial charge in [-0.05, 0) is 143 Å². The summed E-state index contributed by atoms with van der Waals surface area (Å²) in [7, 11) is 0. The van der Waals surface area contributed by atoms with E-state index in [0.29, 0.717) is 0 Å². The molecule has 0 bridgehead atoms. The summed E-state index contributed by atoms with van der Waals surface area (Å²) in [6, 6.07) is 12.8. The molecule has 5 rings (SSSR count). The fourth-order valence-electron chi connectivity index (χ4n) is 5.84. The van der Waals surface area contributed by atoms with Crippen LogP contribution in [-0.2, 0) is 0 Å². The lowest BCUT2D eigenvalue weighted by Gasteiger charge is -2.17. The minimum atomic E-state index is 0.934. The maximum atomic E-state index is 4.71. The van der Waals surface area contributed by atoms with Crippen molar-refractivity contribution in [2.75, 3.05) is 0 Å². The Morgan fingerprint density at radius 2 is 0.737 bits per heavy atom. The Kier molecular flexibility index (Phi) is 6.38. The molecule has 0 fully saturated rings. The number of aromatic nitrogens is 4. The number of hydrogen-bond acceptors (Lipinski definition) is 2. The lowest BCUT2D eigenvalue weighted by molar-refractivity contribution is 1.08. The molecule has 0 aliphatic rings. The Balaban J connectivity index is 1.52. The zero-order valence-electron chi connectivity index (χ0n) is 24.4. The van der Waals surface area contributed by atoms with E-state index >= 15 is 0 Å². The van der Waals surface area contributed by atoms with Gasteiger partial charge in [-0.1, -0.05) is 18.2 Å². The van der Waals surface area contributed by atoms with Crippen LogP contribution in [0.5, 0.6) is 0 Å². The Morgan fingerprint density at radius 3 is 1.08 bits per heavy atom. The van der Waals surface area contributed by atoms with Gasteiger partial charge in [-0.3, -0.25) is 10.2 Å². The van der Waals surface area contributed by atoms with Gasteiger partial charge in [-0.2, -0.15) is 10.2 Å². The summed E-state index contributed by atoms with van der Waals surface area (Å²) in [6.45, 7) is 22.1. The van der Waals surface area contributed by atoms with Crippen molar-refractivity contribution >= 4 is 0 Å². The molecule has 0 radical (unpaired) electrons. The maximum Gasteiger partial charge on any atom is 0.0927 e. The van der Waals surface area contributed by atoms with Gasteiger partial charge in [0.2, 0.25) is 0 Å². The number of hydrogen-bond donors (Lipinski definition) is 2. The molecule has 0 atom stereocenters. The Bertz CT molecular complexity index is 1530. The summed E-state index contributed by atoms with van der Waals surface area (Å²) in [4.78, 5) is 0. The van der Waals surface area contributed by atoms with E-state index in [4.69, 9.17) is 10.2 Å². The zero-order chi connectivity index (χ0) is 27.5. The third kappa shape index (κ3) is 3.99. The number of nitrogens with one attached hydrogen (secondary N) is 2. The number of aromatic amines is 2. The van der Waals surface area contributed by atoms with Crippen LogP contribution in [0.4, 0.5) is 0 Å². The first-order valence-electron chi connectivity index (χ1n) is 13.4. The van der Waals surface area contributed by atoms with Gasteiger partial charge in [0.1, 0.15) is 0 Å². The van der Waals surface area contributed by atoms with Crippen molar-refractivity contribution in [2.24, 2.45) is 0 Å². The molecule has 0 unspecified atom stereocenters. The van der Waals surface area contributed by atoms with E-state index in [-0.39, 0.29) is 0 Å². The molecule has 4 heteroatoms. The van der Waals surface area contributed by atoms with Crippen LogP contribution in [0.25, 0.3) is 45.0 Å². The van der Waals surface area contributed by atoms with Crippen LogP contribution in [-0.4, -0.2) is 20.4 Å². The molecule has 2 aromatic heterocycles. The van der Waals surface area contributed by atoms with E-state index in [1.807, 2.05) is 0 Å². The van der Waals surface area contributed by atoms with E-state index in [0.717, 1.165) is 33.9 Å². The van der Waals surface area contributed by atoms with Crippen LogP contribution in [0.3, 0.4) is 0 Å². The lowest BCUT2D eigenvalue weighted by atomic mass is 9.88. The van der Waals surface area contributed by atoms with Gasteiger partial charge in [-0.15, -0.1) is 0 Å². The first-order chi connectivity index (χ1) is 18.0. The highest BCUT2D eigenvalue weighted by molar-refractivity contribution is 5.79. The summed E-state index contributed by atoms with van der Waals surface area (Å²) >= 11 is 0. The molecule has 38 heavy (non-hydrogen) atoms.